The minimum atomic E-state index is -0.517. The van der Waals surface area contributed by atoms with Crippen molar-refractivity contribution in [3.63, 3.8) is 0 Å². The Morgan fingerprint density at radius 2 is 1.94 bits per heavy atom. The van der Waals surface area contributed by atoms with Crippen molar-refractivity contribution in [2.24, 2.45) is 5.92 Å². The smallest absolute Gasteiger partial charge is 0.125 e. The Bertz CT molecular complexity index is 339. The first-order valence-electron chi connectivity index (χ1n) is 6.75. The molecular formula is C15H25NO2. The van der Waals surface area contributed by atoms with Crippen LogP contribution in [0.25, 0.3) is 0 Å². The van der Waals surface area contributed by atoms with Gasteiger partial charge in [0.2, 0.25) is 0 Å². The van der Waals surface area contributed by atoms with Crippen molar-refractivity contribution >= 4 is 0 Å². The first-order valence-corrected chi connectivity index (χ1v) is 6.75. The van der Waals surface area contributed by atoms with Crippen LogP contribution in [-0.2, 0) is 0 Å². The fourth-order valence-corrected chi connectivity index (χ4v) is 1.72. The molecule has 18 heavy (non-hydrogen) atoms. The molecule has 0 heterocycles. The van der Waals surface area contributed by atoms with Gasteiger partial charge in [-0.05, 0) is 24.9 Å². The van der Waals surface area contributed by atoms with Crippen LogP contribution in [0.5, 0.6) is 5.75 Å². The highest BCUT2D eigenvalue weighted by molar-refractivity contribution is 5.35. The number of ether oxygens (including phenoxy) is 1. The number of hydrogen-bond donors (Lipinski definition) is 2. The van der Waals surface area contributed by atoms with Gasteiger partial charge in [0.15, 0.2) is 0 Å². The second-order valence-electron chi connectivity index (χ2n) is 4.95. The first kappa shape index (κ1) is 15.0. The molecule has 0 saturated heterocycles. The normalized spacial score (nSPS) is 12.7. The molecule has 0 aliphatic heterocycles. The quantitative estimate of drug-likeness (QED) is 0.746. The minimum Gasteiger partial charge on any atom is -0.493 e. The summed E-state index contributed by atoms with van der Waals surface area (Å²) < 4.78 is 5.65. The van der Waals surface area contributed by atoms with E-state index in [0.717, 1.165) is 24.3 Å². The molecule has 0 bridgehead atoms. The van der Waals surface area contributed by atoms with Crippen LogP contribution in [0, 0.1) is 5.92 Å². The van der Waals surface area contributed by atoms with Gasteiger partial charge in [-0.25, -0.2) is 0 Å². The van der Waals surface area contributed by atoms with Gasteiger partial charge in [0.1, 0.15) is 5.75 Å². The fourth-order valence-electron chi connectivity index (χ4n) is 1.72. The molecule has 3 nitrogen and oxygen atoms in total. The molecule has 0 radical (unpaired) electrons. The summed E-state index contributed by atoms with van der Waals surface area (Å²) in [6.07, 6.45) is 0.451. The molecule has 2 N–H and O–H groups in total. The van der Waals surface area contributed by atoms with Crippen molar-refractivity contribution < 1.29 is 9.84 Å². The molecule has 3 heteroatoms. The van der Waals surface area contributed by atoms with Crippen LogP contribution in [0.4, 0.5) is 0 Å². The highest BCUT2D eigenvalue weighted by atomic mass is 16.5. The van der Waals surface area contributed by atoms with Crippen LogP contribution < -0.4 is 10.1 Å². The Hall–Kier alpha value is -1.06. The zero-order valence-electron chi connectivity index (χ0n) is 11.6. The lowest BCUT2D eigenvalue weighted by atomic mass is 10.1. The Morgan fingerprint density at radius 3 is 2.61 bits per heavy atom. The average molecular weight is 251 g/mol. The predicted molar refractivity (Wildman–Crippen MR) is 74.9 cm³/mol. The van der Waals surface area contributed by atoms with Gasteiger partial charge >= 0.3 is 0 Å². The lowest BCUT2D eigenvalue weighted by Gasteiger charge is -2.17. The van der Waals surface area contributed by atoms with Gasteiger partial charge in [-0.1, -0.05) is 39.0 Å². The lowest BCUT2D eigenvalue weighted by Crippen LogP contribution is -2.25. The number of hydrogen-bond acceptors (Lipinski definition) is 3. The molecule has 0 aliphatic rings. The zero-order chi connectivity index (χ0) is 13.4. The van der Waals surface area contributed by atoms with Gasteiger partial charge in [-0.2, -0.15) is 0 Å². The Morgan fingerprint density at radius 1 is 1.22 bits per heavy atom. The number of aliphatic hydroxyl groups is 1. The second-order valence-corrected chi connectivity index (χ2v) is 4.95. The Balaban J connectivity index is 2.57. The summed E-state index contributed by atoms with van der Waals surface area (Å²) >= 11 is 0. The highest BCUT2D eigenvalue weighted by Crippen LogP contribution is 2.24. The van der Waals surface area contributed by atoms with Crippen molar-refractivity contribution in [3.05, 3.63) is 29.8 Å². The third-order valence-electron chi connectivity index (χ3n) is 2.63. The van der Waals surface area contributed by atoms with Crippen molar-refractivity contribution in [1.82, 2.24) is 5.32 Å². The van der Waals surface area contributed by atoms with Crippen molar-refractivity contribution in [1.29, 1.82) is 0 Å². The minimum absolute atomic E-state index is 0.517. The summed E-state index contributed by atoms with van der Waals surface area (Å²) in [5.41, 5.74) is 0.863. The summed E-state index contributed by atoms with van der Waals surface area (Å²) in [5.74, 6) is 1.38. The standard InChI is InChI=1S/C15H25NO2/c1-4-9-18-15-8-6-5-7-13(15)14(17)11-16-10-12(2)3/h5-8,12,14,16-17H,4,9-11H2,1-3H3. The molecule has 0 aromatic heterocycles. The SMILES string of the molecule is CCCOc1ccccc1C(O)CNCC(C)C. The third-order valence-corrected chi connectivity index (χ3v) is 2.63. The van der Waals surface area contributed by atoms with Gasteiger partial charge in [0.25, 0.3) is 0 Å². The van der Waals surface area contributed by atoms with E-state index in [4.69, 9.17) is 4.74 Å². The van der Waals surface area contributed by atoms with Gasteiger partial charge in [0, 0.05) is 12.1 Å². The summed E-state index contributed by atoms with van der Waals surface area (Å²) in [6, 6.07) is 7.70. The van der Waals surface area contributed by atoms with E-state index in [-0.39, 0.29) is 0 Å². The van der Waals surface area contributed by atoms with Crippen LogP contribution >= 0.6 is 0 Å². The van der Waals surface area contributed by atoms with Crippen LogP contribution in [0.1, 0.15) is 38.9 Å². The maximum Gasteiger partial charge on any atom is 0.125 e. The number of para-hydroxylation sites is 1. The predicted octanol–water partition coefficient (Wildman–Crippen LogP) is 2.75. The number of aliphatic hydroxyl groups excluding tert-OH is 1. The molecule has 1 atom stereocenters. The van der Waals surface area contributed by atoms with E-state index >= 15 is 0 Å². The second kappa shape index (κ2) is 8.11. The summed E-state index contributed by atoms with van der Waals surface area (Å²) in [7, 11) is 0. The van der Waals surface area contributed by atoms with Crippen molar-refractivity contribution in [3.8, 4) is 5.75 Å². The van der Waals surface area contributed by atoms with E-state index < -0.39 is 6.10 Å². The van der Waals surface area contributed by atoms with Gasteiger partial charge in [-0.15, -0.1) is 0 Å². The molecule has 1 aromatic carbocycles. The topological polar surface area (TPSA) is 41.5 Å². The highest BCUT2D eigenvalue weighted by Gasteiger charge is 2.12. The molecule has 0 saturated carbocycles. The van der Waals surface area contributed by atoms with E-state index in [1.807, 2.05) is 24.3 Å². The Kier molecular flexibility index (Phi) is 6.76. The molecule has 0 spiro atoms. The first-order chi connectivity index (χ1) is 8.65. The number of benzene rings is 1. The molecule has 1 rings (SSSR count). The maximum absolute atomic E-state index is 10.2. The molecular weight excluding hydrogens is 226 g/mol. The summed E-state index contributed by atoms with van der Waals surface area (Å²) in [5, 5.41) is 13.4. The van der Waals surface area contributed by atoms with Crippen LogP contribution in [0.15, 0.2) is 24.3 Å². The third kappa shape index (κ3) is 5.07. The van der Waals surface area contributed by atoms with Gasteiger partial charge < -0.3 is 15.2 Å². The van der Waals surface area contributed by atoms with E-state index in [1.54, 1.807) is 0 Å². The van der Waals surface area contributed by atoms with E-state index in [1.165, 1.54) is 0 Å². The monoisotopic (exact) mass is 251 g/mol. The van der Waals surface area contributed by atoms with Crippen LogP contribution in [0.3, 0.4) is 0 Å². The van der Waals surface area contributed by atoms with Crippen LogP contribution in [0.2, 0.25) is 0 Å². The lowest BCUT2D eigenvalue weighted by molar-refractivity contribution is 0.167. The maximum atomic E-state index is 10.2. The molecule has 0 fully saturated rings. The van der Waals surface area contributed by atoms with Crippen LogP contribution in [-0.4, -0.2) is 24.8 Å². The van der Waals surface area contributed by atoms with Gasteiger partial charge in [0.05, 0.1) is 12.7 Å². The summed E-state index contributed by atoms with van der Waals surface area (Å²) in [6.45, 7) is 8.53. The molecule has 102 valence electrons. The summed E-state index contributed by atoms with van der Waals surface area (Å²) in [4.78, 5) is 0. The zero-order valence-corrected chi connectivity index (χ0v) is 11.6. The van der Waals surface area contributed by atoms with E-state index in [0.29, 0.717) is 19.1 Å². The Labute approximate surface area is 110 Å². The molecule has 0 amide bonds. The van der Waals surface area contributed by atoms with E-state index in [2.05, 4.69) is 26.1 Å². The average Bonchev–Trinajstić information content (AvgIpc) is 2.36. The molecule has 0 aliphatic carbocycles. The van der Waals surface area contributed by atoms with Gasteiger partial charge in [-0.3, -0.25) is 0 Å². The number of nitrogens with one attached hydrogen (secondary N) is 1. The van der Waals surface area contributed by atoms with E-state index in [9.17, 15) is 5.11 Å². The molecule has 1 unspecified atom stereocenters. The fraction of sp³-hybridized carbons (Fsp3) is 0.600. The molecule has 1 aromatic rings. The van der Waals surface area contributed by atoms with Crippen molar-refractivity contribution in [2.75, 3.05) is 19.7 Å². The number of rotatable bonds is 8. The van der Waals surface area contributed by atoms with Crippen molar-refractivity contribution in [2.45, 2.75) is 33.3 Å². The largest absolute Gasteiger partial charge is 0.493 e.